The van der Waals surface area contributed by atoms with Crippen molar-refractivity contribution in [3.63, 3.8) is 0 Å². The number of nitrogens with zero attached hydrogens (tertiary/aromatic N) is 3. The summed E-state index contributed by atoms with van der Waals surface area (Å²) in [5, 5.41) is 18.5. The van der Waals surface area contributed by atoms with Crippen LogP contribution < -0.4 is 0 Å². The lowest BCUT2D eigenvalue weighted by Crippen LogP contribution is -2.12. The molecule has 20 heavy (non-hydrogen) atoms. The monoisotopic (exact) mass is 281 g/mol. The molecule has 110 valence electrons. The Morgan fingerprint density at radius 1 is 1.20 bits per heavy atom. The maximum Gasteiger partial charge on any atom is 0.269 e. The van der Waals surface area contributed by atoms with Gasteiger partial charge in [0.2, 0.25) is 0 Å². The highest BCUT2D eigenvalue weighted by Gasteiger charge is 2.04. The van der Waals surface area contributed by atoms with Crippen molar-refractivity contribution in [2.75, 3.05) is 20.8 Å². The number of benzene rings is 1. The van der Waals surface area contributed by atoms with E-state index in [9.17, 15) is 10.1 Å². The lowest BCUT2D eigenvalue weighted by molar-refractivity contribution is -0.384. The number of non-ortho nitro benzene ring substituents is 1. The van der Waals surface area contributed by atoms with Gasteiger partial charge in [-0.3, -0.25) is 10.1 Å². The molecule has 0 saturated heterocycles. The van der Waals surface area contributed by atoms with Crippen molar-refractivity contribution in [1.29, 1.82) is 0 Å². The third-order valence-electron chi connectivity index (χ3n) is 2.72. The van der Waals surface area contributed by atoms with Crippen molar-refractivity contribution < 1.29 is 14.4 Å². The molecule has 0 spiro atoms. The summed E-state index contributed by atoms with van der Waals surface area (Å²) in [7, 11) is 3.23. The smallest absolute Gasteiger partial charge is 0.269 e. The van der Waals surface area contributed by atoms with E-state index in [2.05, 4.69) is 10.2 Å². The van der Waals surface area contributed by atoms with Crippen molar-refractivity contribution in [2.24, 2.45) is 10.2 Å². The molecule has 0 bridgehead atoms. The van der Waals surface area contributed by atoms with Crippen LogP contribution in [0.4, 0.5) is 11.4 Å². The van der Waals surface area contributed by atoms with Crippen molar-refractivity contribution in [1.82, 2.24) is 0 Å². The Bertz CT molecular complexity index is 430. The van der Waals surface area contributed by atoms with Crippen LogP contribution in [0.1, 0.15) is 19.3 Å². The maximum atomic E-state index is 10.5. The molecule has 0 N–H and O–H groups in total. The second-order valence-corrected chi connectivity index (χ2v) is 4.14. The molecule has 1 aromatic carbocycles. The first-order valence-corrected chi connectivity index (χ1v) is 6.35. The Kier molecular flexibility index (Phi) is 7.38. The van der Waals surface area contributed by atoms with Crippen LogP contribution in [-0.4, -0.2) is 32.0 Å². The van der Waals surface area contributed by atoms with E-state index in [0.717, 1.165) is 19.3 Å². The lowest BCUT2D eigenvalue weighted by Gasteiger charge is -2.11. The van der Waals surface area contributed by atoms with E-state index in [-0.39, 0.29) is 12.0 Å². The third kappa shape index (κ3) is 5.85. The molecule has 0 aliphatic rings. The van der Waals surface area contributed by atoms with Gasteiger partial charge in [0.05, 0.1) is 17.2 Å². The van der Waals surface area contributed by atoms with Gasteiger partial charge >= 0.3 is 0 Å². The molecular weight excluding hydrogens is 262 g/mol. The Labute approximate surface area is 117 Å². The van der Waals surface area contributed by atoms with Gasteiger partial charge in [-0.1, -0.05) is 0 Å². The molecule has 0 atom stereocenters. The van der Waals surface area contributed by atoms with Gasteiger partial charge in [0.1, 0.15) is 0 Å². The second-order valence-electron chi connectivity index (χ2n) is 4.14. The number of nitro groups is 1. The van der Waals surface area contributed by atoms with E-state index in [1.165, 1.54) is 12.1 Å². The summed E-state index contributed by atoms with van der Waals surface area (Å²) >= 11 is 0. The minimum Gasteiger partial charge on any atom is -0.356 e. The molecule has 0 radical (unpaired) electrons. The predicted octanol–water partition coefficient (Wildman–Crippen LogP) is 3.47. The molecule has 0 amide bonds. The molecule has 0 aromatic heterocycles. The van der Waals surface area contributed by atoms with E-state index in [1.54, 1.807) is 26.4 Å². The highest BCUT2D eigenvalue weighted by Crippen LogP contribution is 2.18. The van der Waals surface area contributed by atoms with Crippen molar-refractivity contribution in [2.45, 2.75) is 25.6 Å². The van der Waals surface area contributed by atoms with Crippen LogP contribution in [0, 0.1) is 10.1 Å². The van der Waals surface area contributed by atoms with Crippen LogP contribution in [0.25, 0.3) is 0 Å². The summed E-state index contributed by atoms with van der Waals surface area (Å²) in [6.07, 6.45) is 2.48. The lowest BCUT2D eigenvalue weighted by atomic mass is 10.2. The summed E-state index contributed by atoms with van der Waals surface area (Å²) in [4.78, 5) is 10.0. The number of unbranched alkanes of at least 4 members (excludes halogenated alkanes) is 1. The number of nitro benzene ring substituents is 1. The zero-order chi connectivity index (χ0) is 14.8. The Balaban J connectivity index is 2.26. The van der Waals surface area contributed by atoms with Crippen molar-refractivity contribution in [3.05, 3.63) is 34.4 Å². The summed E-state index contributed by atoms with van der Waals surface area (Å²) in [5.74, 6) is 0. The molecule has 0 fully saturated rings. The number of rotatable bonds is 9. The van der Waals surface area contributed by atoms with Gasteiger partial charge < -0.3 is 9.47 Å². The van der Waals surface area contributed by atoms with Gasteiger partial charge in [-0.2, -0.15) is 10.2 Å². The summed E-state index contributed by atoms with van der Waals surface area (Å²) in [6, 6.07) is 5.98. The average Bonchev–Trinajstić information content (AvgIpc) is 2.47. The minimum absolute atomic E-state index is 0.0501. The zero-order valence-corrected chi connectivity index (χ0v) is 11.7. The Morgan fingerprint density at radius 3 is 2.40 bits per heavy atom. The molecule has 0 saturated carbocycles. The minimum atomic E-state index is -0.442. The standard InChI is InChI=1S/C13H19N3O4/c1-19-13(20-2)5-3-4-10-14-15-11-6-8-12(9-7-11)16(17)18/h6-9,13H,3-5,10H2,1-2H3. The van der Waals surface area contributed by atoms with Crippen LogP contribution in [0.15, 0.2) is 34.5 Å². The molecular formula is C13H19N3O4. The largest absolute Gasteiger partial charge is 0.356 e. The van der Waals surface area contributed by atoms with Crippen LogP contribution in [0.3, 0.4) is 0 Å². The molecule has 0 aliphatic heterocycles. The highest BCUT2D eigenvalue weighted by atomic mass is 16.7. The van der Waals surface area contributed by atoms with Crippen molar-refractivity contribution >= 4 is 11.4 Å². The third-order valence-corrected chi connectivity index (χ3v) is 2.72. The van der Waals surface area contributed by atoms with Crippen LogP contribution in [0.5, 0.6) is 0 Å². The zero-order valence-electron chi connectivity index (χ0n) is 11.7. The van der Waals surface area contributed by atoms with Gasteiger partial charge in [0.25, 0.3) is 5.69 Å². The maximum absolute atomic E-state index is 10.5. The highest BCUT2D eigenvalue weighted by molar-refractivity contribution is 5.43. The fourth-order valence-electron chi connectivity index (χ4n) is 1.60. The summed E-state index contributed by atoms with van der Waals surface area (Å²) in [6.45, 7) is 0.608. The molecule has 0 aliphatic carbocycles. The number of methoxy groups -OCH3 is 2. The molecule has 7 heteroatoms. The topological polar surface area (TPSA) is 86.3 Å². The SMILES string of the molecule is COC(CCCCN=Nc1ccc([N+](=O)[O-])cc1)OC. The first-order valence-electron chi connectivity index (χ1n) is 6.35. The fraction of sp³-hybridized carbons (Fsp3) is 0.538. The van der Waals surface area contributed by atoms with E-state index in [1.807, 2.05) is 0 Å². The predicted molar refractivity (Wildman–Crippen MR) is 74.1 cm³/mol. The molecule has 1 aromatic rings. The van der Waals surface area contributed by atoms with E-state index in [0.29, 0.717) is 12.2 Å². The summed E-state index contributed by atoms with van der Waals surface area (Å²) < 4.78 is 10.1. The van der Waals surface area contributed by atoms with E-state index < -0.39 is 4.92 Å². The first-order chi connectivity index (χ1) is 9.67. The van der Waals surface area contributed by atoms with Gasteiger partial charge in [-0.25, -0.2) is 0 Å². The van der Waals surface area contributed by atoms with Crippen LogP contribution in [0.2, 0.25) is 0 Å². The molecule has 1 rings (SSSR count). The Morgan fingerprint density at radius 2 is 1.85 bits per heavy atom. The molecule has 0 unspecified atom stereocenters. The van der Waals surface area contributed by atoms with E-state index in [4.69, 9.17) is 9.47 Å². The van der Waals surface area contributed by atoms with Crippen molar-refractivity contribution in [3.8, 4) is 0 Å². The number of hydrogen-bond acceptors (Lipinski definition) is 6. The van der Waals surface area contributed by atoms with Gasteiger partial charge in [-0.05, 0) is 31.4 Å². The quantitative estimate of drug-likeness (QED) is 0.228. The Hall–Kier alpha value is -1.86. The van der Waals surface area contributed by atoms with Gasteiger partial charge in [0, 0.05) is 26.4 Å². The molecule has 7 nitrogen and oxygen atoms in total. The average molecular weight is 281 g/mol. The van der Waals surface area contributed by atoms with Crippen LogP contribution >= 0.6 is 0 Å². The first kappa shape index (κ1) is 16.2. The second kappa shape index (κ2) is 9.11. The van der Waals surface area contributed by atoms with Gasteiger partial charge in [0.15, 0.2) is 6.29 Å². The van der Waals surface area contributed by atoms with E-state index >= 15 is 0 Å². The number of azo groups is 1. The van der Waals surface area contributed by atoms with Gasteiger partial charge in [-0.15, -0.1) is 0 Å². The fourth-order valence-corrected chi connectivity index (χ4v) is 1.60. The van der Waals surface area contributed by atoms with Crippen LogP contribution in [-0.2, 0) is 9.47 Å². The summed E-state index contributed by atoms with van der Waals surface area (Å²) in [5.41, 5.74) is 0.663. The number of hydrogen-bond donors (Lipinski definition) is 0. The number of ether oxygens (including phenoxy) is 2. The normalized spacial score (nSPS) is 11.3. The molecule has 0 heterocycles.